The highest BCUT2D eigenvalue weighted by atomic mass is 32.1. The first-order chi connectivity index (χ1) is 17.4. The van der Waals surface area contributed by atoms with Crippen LogP contribution in [0.4, 0.5) is 0 Å². The SMILES string of the molecule is Cc1nc(-c2ccc(Cc3c(O[C@@H]4O[C@H](CO)[C@@H](O)[C@H](O)[C@H]4O)nn(C4CCOC4)c3C)cc2)cs1. The van der Waals surface area contributed by atoms with Gasteiger partial charge >= 0.3 is 0 Å². The molecular weight excluding hydrogens is 486 g/mol. The Kier molecular flexibility index (Phi) is 7.40. The molecule has 36 heavy (non-hydrogen) atoms. The summed E-state index contributed by atoms with van der Waals surface area (Å²) in [6.07, 6.45) is -5.54. The number of aryl methyl sites for hydroxylation is 1. The van der Waals surface area contributed by atoms with Gasteiger partial charge in [-0.15, -0.1) is 16.4 Å². The molecule has 0 amide bonds. The lowest BCUT2D eigenvalue weighted by molar-refractivity contribution is -0.278. The Morgan fingerprint density at radius 2 is 1.89 bits per heavy atom. The highest BCUT2D eigenvalue weighted by Gasteiger charge is 2.45. The number of ether oxygens (including phenoxy) is 3. The zero-order chi connectivity index (χ0) is 25.4. The van der Waals surface area contributed by atoms with Crippen molar-refractivity contribution < 1.29 is 34.6 Å². The van der Waals surface area contributed by atoms with Gasteiger partial charge in [0.2, 0.25) is 12.2 Å². The van der Waals surface area contributed by atoms with Gasteiger partial charge in [-0.3, -0.25) is 4.68 Å². The third kappa shape index (κ3) is 4.92. The van der Waals surface area contributed by atoms with Crippen LogP contribution in [-0.4, -0.2) is 85.7 Å². The van der Waals surface area contributed by atoms with Crippen molar-refractivity contribution in [2.75, 3.05) is 19.8 Å². The van der Waals surface area contributed by atoms with Crippen LogP contribution in [0.5, 0.6) is 5.88 Å². The number of nitrogens with zero attached hydrogens (tertiary/aromatic N) is 3. The molecule has 0 aliphatic carbocycles. The first-order valence-corrected chi connectivity index (χ1v) is 12.9. The van der Waals surface area contributed by atoms with Crippen molar-refractivity contribution in [2.24, 2.45) is 0 Å². The minimum absolute atomic E-state index is 0.0613. The fourth-order valence-electron chi connectivity index (χ4n) is 4.66. The Labute approximate surface area is 212 Å². The highest BCUT2D eigenvalue weighted by molar-refractivity contribution is 7.09. The van der Waals surface area contributed by atoms with E-state index in [0.29, 0.717) is 19.6 Å². The van der Waals surface area contributed by atoms with Gasteiger partial charge < -0.3 is 34.6 Å². The van der Waals surface area contributed by atoms with Crippen LogP contribution in [0.25, 0.3) is 11.3 Å². The second-order valence-electron chi connectivity index (χ2n) is 9.27. The third-order valence-corrected chi connectivity index (χ3v) is 7.59. The van der Waals surface area contributed by atoms with Gasteiger partial charge in [0.1, 0.15) is 24.4 Å². The molecule has 0 spiro atoms. The summed E-state index contributed by atoms with van der Waals surface area (Å²) >= 11 is 1.61. The number of hydrogen-bond donors (Lipinski definition) is 4. The molecule has 2 aliphatic heterocycles. The van der Waals surface area contributed by atoms with E-state index in [1.54, 1.807) is 11.3 Å². The summed E-state index contributed by atoms with van der Waals surface area (Å²) in [4.78, 5) is 4.55. The number of thiazole rings is 1. The van der Waals surface area contributed by atoms with E-state index in [1.807, 2.05) is 48.2 Å². The Hall–Kier alpha value is -2.38. The smallest absolute Gasteiger partial charge is 0.239 e. The third-order valence-electron chi connectivity index (χ3n) is 6.81. The molecule has 194 valence electrons. The van der Waals surface area contributed by atoms with E-state index >= 15 is 0 Å². The van der Waals surface area contributed by atoms with E-state index in [-0.39, 0.29) is 11.9 Å². The Morgan fingerprint density at radius 1 is 1.11 bits per heavy atom. The predicted molar refractivity (Wildman–Crippen MR) is 131 cm³/mol. The largest absolute Gasteiger partial charge is 0.443 e. The van der Waals surface area contributed by atoms with Crippen molar-refractivity contribution in [3.05, 3.63) is 51.5 Å². The molecule has 3 aromatic rings. The molecule has 1 unspecified atom stereocenters. The van der Waals surface area contributed by atoms with Crippen LogP contribution in [0, 0.1) is 13.8 Å². The van der Waals surface area contributed by atoms with Gasteiger partial charge in [0.15, 0.2) is 0 Å². The summed E-state index contributed by atoms with van der Waals surface area (Å²) in [5.41, 5.74) is 4.74. The van der Waals surface area contributed by atoms with Crippen LogP contribution in [0.3, 0.4) is 0 Å². The molecule has 1 aromatic carbocycles. The molecule has 4 N–H and O–H groups in total. The zero-order valence-corrected chi connectivity index (χ0v) is 21.0. The molecule has 0 saturated carbocycles. The number of hydrogen-bond acceptors (Lipinski definition) is 10. The summed E-state index contributed by atoms with van der Waals surface area (Å²) in [7, 11) is 0. The van der Waals surface area contributed by atoms with Gasteiger partial charge in [-0.2, -0.15) is 0 Å². The molecule has 6 atom stereocenters. The molecule has 2 aromatic heterocycles. The maximum atomic E-state index is 10.5. The van der Waals surface area contributed by atoms with Crippen molar-refractivity contribution in [2.45, 2.75) is 63.4 Å². The van der Waals surface area contributed by atoms with Crippen LogP contribution in [0.15, 0.2) is 29.6 Å². The summed E-state index contributed by atoms with van der Waals surface area (Å²) in [6.45, 7) is 4.61. The molecule has 5 rings (SSSR count). The van der Waals surface area contributed by atoms with Crippen molar-refractivity contribution >= 4 is 11.3 Å². The maximum absolute atomic E-state index is 10.5. The van der Waals surface area contributed by atoms with Crippen LogP contribution in [-0.2, 0) is 15.9 Å². The van der Waals surface area contributed by atoms with E-state index in [1.165, 1.54) is 0 Å². The minimum Gasteiger partial charge on any atom is -0.443 e. The van der Waals surface area contributed by atoms with Gasteiger partial charge in [-0.05, 0) is 25.8 Å². The molecule has 0 bridgehead atoms. The average Bonchev–Trinajstić information content (AvgIpc) is 3.62. The van der Waals surface area contributed by atoms with Crippen LogP contribution < -0.4 is 4.74 Å². The summed E-state index contributed by atoms with van der Waals surface area (Å²) in [5.74, 6) is 0.267. The monoisotopic (exact) mass is 517 g/mol. The first kappa shape index (κ1) is 25.3. The van der Waals surface area contributed by atoms with Crippen molar-refractivity contribution in [1.29, 1.82) is 0 Å². The molecule has 2 saturated heterocycles. The fraction of sp³-hybridized carbons (Fsp3) is 0.520. The number of benzene rings is 1. The van der Waals surface area contributed by atoms with E-state index in [0.717, 1.165) is 39.5 Å². The van der Waals surface area contributed by atoms with Crippen LogP contribution in [0.1, 0.15) is 34.3 Å². The van der Waals surface area contributed by atoms with E-state index < -0.39 is 37.3 Å². The molecule has 0 radical (unpaired) electrons. The standard InChI is InChI=1S/C25H31N3O7S/c1-13-18(9-15-3-5-16(6-4-15)19-12-36-14(2)26-19)24(27-28(13)17-7-8-33-11-17)35-25-23(32)22(31)21(30)20(10-29)34-25/h3-6,12,17,20-23,25,29-32H,7-11H2,1-2H3/t17?,20-,21-,22+,23-,25+/m1/s1. The molecule has 10 nitrogen and oxygen atoms in total. The van der Waals surface area contributed by atoms with Gasteiger partial charge in [0, 0.05) is 35.2 Å². The van der Waals surface area contributed by atoms with Crippen LogP contribution in [0.2, 0.25) is 0 Å². The molecule has 4 heterocycles. The Bertz CT molecular complexity index is 1170. The van der Waals surface area contributed by atoms with Gasteiger partial charge in [0.25, 0.3) is 0 Å². The van der Waals surface area contributed by atoms with Gasteiger partial charge in [-0.25, -0.2) is 4.98 Å². The normalized spacial score (nSPS) is 28.5. The number of aliphatic hydroxyl groups excluding tert-OH is 4. The van der Waals surface area contributed by atoms with Crippen molar-refractivity contribution in [3.8, 4) is 17.1 Å². The fourth-order valence-corrected chi connectivity index (χ4v) is 5.29. The molecule has 11 heteroatoms. The first-order valence-electron chi connectivity index (χ1n) is 12.0. The number of rotatable bonds is 7. The summed E-state index contributed by atoms with van der Waals surface area (Å²) < 4.78 is 19.0. The Balaban J connectivity index is 1.43. The van der Waals surface area contributed by atoms with Crippen molar-refractivity contribution in [3.63, 3.8) is 0 Å². The minimum atomic E-state index is -1.53. The molecule has 2 aliphatic rings. The zero-order valence-electron chi connectivity index (χ0n) is 20.1. The highest BCUT2D eigenvalue weighted by Crippen LogP contribution is 2.33. The topological polar surface area (TPSA) is 139 Å². The van der Waals surface area contributed by atoms with Crippen LogP contribution >= 0.6 is 11.3 Å². The lowest BCUT2D eigenvalue weighted by atomic mass is 9.99. The van der Waals surface area contributed by atoms with E-state index in [9.17, 15) is 20.4 Å². The summed E-state index contributed by atoms with van der Waals surface area (Å²) in [6, 6.07) is 8.21. The van der Waals surface area contributed by atoms with Gasteiger partial charge in [-0.1, -0.05) is 24.3 Å². The van der Waals surface area contributed by atoms with Gasteiger partial charge in [0.05, 0.1) is 30.0 Å². The summed E-state index contributed by atoms with van der Waals surface area (Å²) in [5, 5.41) is 48.0. The average molecular weight is 518 g/mol. The Morgan fingerprint density at radius 3 is 2.53 bits per heavy atom. The van der Waals surface area contributed by atoms with E-state index in [2.05, 4.69) is 10.1 Å². The predicted octanol–water partition coefficient (Wildman–Crippen LogP) is 1.35. The number of aromatic nitrogens is 3. The molecule has 2 fully saturated rings. The maximum Gasteiger partial charge on any atom is 0.239 e. The quantitative estimate of drug-likeness (QED) is 0.366. The van der Waals surface area contributed by atoms with E-state index in [4.69, 9.17) is 14.2 Å². The second-order valence-corrected chi connectivity index (χ2v) is 10.3. The van der Waals surface area contributed by atoms with Crippen molar-refractivity contribution in [1.82, 2.24) is 14.8 Å². The number of aliphatic hydroxyl groups is 4. The second kappa shape index (κ2) is 10.5. The lowest BCUT2D eigenvalue weighted by Gasteiger charge is -2.39. The molecular formula is C25H31N3O7S. The lowest BCUT2D eigenvalue weighted by Crippen LogP contribution is -2.60.